The normalized spacial score (nSPS) is 14.1. The summed E-state index contributed by atoms with van der Waals surface area (Å²) in [6, 6.07) is 7.79. The molecule has 1 aliphatic heterocycles. The molecule has 2 heterocycles. The van der Waals surface area contributed by atoms with Crippen molar-refractivity contribution in [3.05, 3.63) is 36.0 Å². The predicted molar refractivity (Wildman–Crippen MR) is 93.6 cm³/mol. The maximum Gasteiger partial charge on any atom is 0.176 e. The number of benzene rings is 1. The van der Waals surface area contributed by atoms with Gasteiger partial charge in [-0.2, -0.15) is 0 Å². The van der Waals surface area contributed by atoms with Crippen molar-refractivity contribution in [2.45, 2.75) is 20.3 Å². The zero-order valence-electron chi connectivity index (χ0n) is 12.9. The number of nitrogens with zero attached hydrogens (tertiary/aromatic N) is 3. The monoisotopic (exact) mass is 313 g/mol. The number of carbonyl (C=O) groups is 1. The molecule has 0 atom stereocenters. The number of carbonyl (C=O) groups excluding carboxylic acids is 1. The number of thiocarbonyl (C=S) groups is 1. The molecule has 0 bridgehead atoms. The molecule has 2 aromatic rings. The third kappa shape index (κ3) is 2.35. The molecule has 0 fully saturated rings. The highest BCUT2D eigenvalue weighted by molar-refractivity contribution is 7.80. The summed E-state index contributed by atoms with van der Waals surface area (Å²) in [5, 5.41) is 1.81. The fraction of sp³-hybridized carbons (Fsp3) is 0.353. The van der Waals surface area contributed by atoms with Crippen LogP contribution < -0.4 is 4.90 Å². The largest absolute Gasteiger partial charge is 0.349 e. The van der Waals surface area contributed by atoms with Crippen LogP contribution in [0.2, 0.25) is 0 Å². The minimum atomic E-state index is 0.168. The van der Waals surface area contributed by atoms with Crippen LogP contribution in [0, 0.1) is 0 Å². The van der Waals surface area contributed by atoms with Gasteiger partial charge < -0.3 is 9.80 Å². The SMILES string of the molecule is CCN(CC)C(=S)N1CCC(=O)c2ccc3cccnc3c21. The number of rotatable bonds is 2. The van der Waals surface area contributed by atoms with E-state index in [2.05, 4.69) is 28.6 Å². The lowest BCUT2D eigenvalue weighted by Gasteiger charge is -2.36. The van der Waals surface area contributed by atoms with Gasteiger partial charge in [0, 0.05) is 43.2 Å². The summed E-state index contributed by atoms with van der Waals surface area (Å²) >= 11 is 5.68. The van der Waals surface area contributed by atoms with Crippen LogP contribution in [-0.4, -0.2) is 40.4 Å². The number of hydrogen-bond acceptors (Lipinski definition) is 3. The summed E-state index contributed by atoms with van der Waals surface area (Å²) in [7, 11) is 0. The Labute approximate surface area is 135 Å². The summed E-state index contributed by atoms with van der Waals surface area (Å²) in [4.78, 5) is 21.0. The van der Waals surface area contributed by atoms with Gasteiger partial charge in [0.05, 0.1) is 11.2 Å². The Morgan fingerprint density at radius 3 is 2.82 bits per heavy atom. The molecule has 3 rings (SSSR count). The molecular weight excluding hydrogens is 294 g/mol. The van der Waals surface area contributed by atoms with Crippen LogP contribution in [0.3, 0.4) is 0 Å². The van der Waals surface area contributed by atoms with Gasteiger partial charge in [0.15, 0.2) is 10.9 Å². The van der Waals surface area contributed by atoms with Crippen LogP contribution in [0.4, 0.5) is 5.69 Å². The standard InChI is InChI=1S/C17H19N3OS/c1-3-19(4-2)17(22)20-11-9-14(21)13-8-7-12-6-5-10-18-15(12)16(13)20/h5-8,10H,3-4,9,11H2,1-2H3. The second kappa shape index (κ2) is 6.01. The first-order chi connectivity index (χ1) is 10.7. The van der Waals surface area contributed by atoms with E-state index in [1.165, 1.54) is 0 Å². The number of Topliss-reactive ketones (excluding diaryl/α,β-unsaturated/α-hetero) is 1. The quantitative estimate of drug-likeness (QED) is 0.796. The molecule has 0 spiro atoms. The lowest BCUT2D eigenvalue weighted by Crippen LogP contribution is -2.46. The maximum absolute atomic E-state index is 12.3. The van der Waals surface area contributed by atoms with Crippen LogP contribution in [0.5, 0.6) is 0 Å². The topological polar surface area (TPSA) is 36.4 Å². The van der Waals surface area contributed by atoms with Crippen molar-refractivity contribution in [3.8, 4) is 0 Å². The lowest BCUT2D eigenvalue weighted by atomic mass is 9.98. The molecule has 1 aromatic carbocycles. The van der Waals surface area contributed by atoms with Gasteiger partial charge in [-0.1, -0.05) is 12.1 Å². The average Bonchev–Trinajstić information content (AvgIpc) is 2.56. The van der Waals surface area contributed by atoms with E-state index in [9.17, 15) is 4.79 Å². The molecular formula is C17H19N3OS. The molecule has 0 aliphatic carbocycles. The Hall–Kier alpha value is -2.01. The first kappa shape index (κ1) is 14.9. The van der Waals surface area contributed by atoms with E-state index in [1.807, 2.05) is 24.3 Å². The van der Waals surface area contributed by atoms with Gasteiger partial charge in [0.25, 0.3) is 0 Å². The van der Waals surface area contributed by atoms with Crippen molar-refractivity contribution in [3.63, 3.8) is 0 Å². The second-order valence-electron chi connectivity index (χ2n) is 5.32. The van der Waals surface area contributed by atoms with Crippen molar-refractivity contribution < 1.29 is 4.79 Å². The zero-order chi connectivity index (χ0) is 15.7. The number of ketones is 1. The Balaban J connectivity index is 2.18. The molecule has 0 saturated heterocycles. The molecule has 0 unspecified atom stereocenters. The number of hydrogen-bond donors (Lipinski definition) is 0. The van der Waals surface area contributed by atoms with E-state index in [0.717, 1.165) is 40.4 Å². The summed E-state index contributed by atoms with van der Waals surface area (Å²) < 4.78 is 0. The fourth-order valence-electron chi connectivity index (χ4n) is 2.94. The highest BCUT2D eigenvalue weighted by atomic mass is 32.1. The van der Waals surface area contributed by atoms with Gasteiger partial charge in [-0.05, 0) is 38.2 Å². The molecule has 4 nitrogen and oxygen atoms in total. The van der Waals surface area contributed by atoms with E-state index in [1.54, 1.807) is 6.20 Å². The second-order valence-corrected chi connectivity index (χ2v) is 5.68. The predicted octanol–water partition coefficient (Wildman–Crippen LogP) is 3.25. The van der Waals surface area contributed by atoms with Gasteiger partial charge >= 0.3 is 0 Å². The molecule has 0 radical (unpaired) electrons. The first-order valence-corrected chi connectivity index (χ1v) is 8.05. The average molecular weight is 313 g/mol. The molecule has 0 saturated carbocycles. The highest BCUT2D eigenvalue weighted by Crippen LogP contribution is 2.34. The molecule has 1 aromatic heterocycles. The fourth-order valence-corrected chi connectivity index (χ4v) is 3.38. The minimum Gasteiger partial charge on any atom is -0.349 e. The molecule has 22 heavy (non-hydrogen) atoms. The summed E-state index contributed by atoms with van der Waals surface area (Å²) in [5.74, 6) is 0.168. The van der Waals surface area contributed by atoms with Crippen molar-refractivity contribution >= 4 is 39.7 Å². The van der Waals surface area contributed by atoms with Crippen molar-refractivity contribution in [1.82, 2.24) is 9.88 Å². The van der Waals surface area contributed by atoms with Crippen LogP contribution in [-0.2, 0) is 0 Å². The number of fused-ring (bicyclic) bond motifs is 3. The summed E-state index contributed by atoms with van der Waals surface area (Å²) in [6.07, 6.45) is 2.26. The molecule has 5 heteroatoms. The van der Waals surface area contributed by atoms with Crippen molar-refractivity contribution in [1.29, 1.82) is 0 Å². The van der Waals surface area contributed by atoms with Crippen molar-refractivity contribution in [2.24, 2.45) is 0 Å². The van der Waals surface area contributed by atoms with Crippen LogP contribution in [0.1, 0.15) is 30.6 Å². The number of pyridine rings is 1. The number of anilines is 1. The van der Waals surface area contributed by atoms with E-state index < -0.39 is 0 Å². The molecule has 0 N–H and O–H groups in total. The van der Waals surface area contributed by atoms with Crippen LogP contribution >= 0.6 is 12.2 Å². The molecule has 114 valence electrons. The van der Waals surface area contributed by atoms with Gasteiger partial charge in [0.2, 0.25) is 0 Å². The van der Waals surface area contributed by atoms with E-state index >= 15 is 0 Å². The van der Waals surface area contributed by atoms with Gasteiger partial charge in [-0.15, -0.1) is 0 Å². The van der Waals surface area contributed by atoms with E-state index in [4.69, 9.17) is 12.2 Å². The van der Waals surface area contributed by atoms with Crippen LogP contribution in [0.15, 0.2) is 30.5 Å². The number of aromatic nitrogens is 1. The Kier molecular flexibility index (Phi) is 4.07. The van der Waals surface area contributed by atoms with Crippen molar-refractivity contribution in [2.75, 3.05) is 24.5 Å². The van der Waals surface area contributed by atoms with E-state index in [0.29, 0.717) is 13.0 Å². The van der Waals surface area contributed by atoms with Gasteiger partial charge in [0.1, 0.15) is 0 Å². The third-order valence-electron chi connectivity index (χ3n) is 4.15. The summed E-state index contributed by atoms with van der Waals surface area (Å²) in [5.41, 5.74) is 2.45. The lowest BCUT2D eigenvalue weighted by molar-refractivity contribution is 0.0981. The maximum atomic E-state index is 12.3. The molecule has 0 amide bonds. The van der Waals surface area contributed by atoms with Gasteiger partial charge in [-0.25, -0.2) is 0 Å². The molecule has 1 aliphatic rings. The Morgan fingerprint density at radius 1 is 1.32 bits per heavy atom. The van der Waals surface area contributed by atoms with Crippen LogP contribution in [0.25, 0.3) is 10.9 Å². The Morgan fingerprint density at radius 2 is 2.09 bits per heavy atom. The highest BCUT2D eigenvalue weighted by Gasteiger charge is 2.29. The van der Waals surface area contributed by atoms with Gasteiger partial charge in [-0.3, -0.25) is 9.78 Å². The Bertz CT molecular complexity index is 740. The van der Waals surface area contributed by atoms with E-state index in [-0.39, 0.29) is 5.78 Å². The smallest absolute Gasteiger partial charge is 0.176 e. The minimum absolute atomic E-state index is 0.168. The first-order valence-electron chi connectivity index (χ1n) is 7.64. The third-order valence-corrected chi connectivity index (χ3v) is 4.62. The summed E-state index contributed by atoms with van der Waals surface area (Å²) in [6.45, 7) is 6.51. The zero-order valence-corrected chi connectivity index (χ0v) is 13.7.